The molecular formula is C17H10ClF5IN3O. The predicted octanol–water partition coefficient (Wildman–Crippen LogP) is 5.41. The molecule has 0 saturated carbocycles. The highest BCUT2D eigenvalue weighted by molar-refractivity contribution is 14.1. The van der Waals surface area contributed by atoms with E-state index in [-0.39, 0.29) is 17.5 Å². The summed E-state index contributed by atoms with van der Waals surface area (Å²) in [5.74, 6) is -0.690. The van der Waals surface area contributed by atoms with E-state index in [0.717, 1.165) is 9.78 Å². The summed E-state index contributed by atoms with van der Waals surface area (Å²) in [4.78, 5) is 9.79. The summed E-state index contributed by atoms with van der Waals surface area (Å²) >= 11 is 8.31. The third-order valence-electron chi connectivity index (χ3n) is 4.63. The van der Waals surface area contributed by atoms with E-state index in [9.17, 15) is 22.0 Å². The van der Waals surface area contributed by atoms with Crippen molar-refractivity contribution in [3.63, 3.8) is 0 Å². The molecule has 0 saturated heterocycles. The molecule has 11 heteroatoms. The summed E-state index contributed by atoms with van der Waals surface area (Å²) in [5, 5.41) is 0.244. The second-order valence-electron chi connectivity index (χ2n) is 6.34. The van der Waals surface area contributed by atoms with E-state index < -0.39 is 29.7 Å². The molecule has 28 heavy (non-hydrogen) atoms. The minimum Gasteiger partial charge on any atom is -0.431 e. The van der Waals surface area contributed by atoms with Crippen LogP contribution in [0.4, 0.5) is 22.0 Å². The van der Waals surface area contributed by atoms with Crippen LogP contribution in [0, 0.1) is 0 Å². The zero-order chi connectivity index (χ0) is 20.3. The molecule has 0 aromatic carbocycles. The minimum atomic E-state index is -4.72. The van der Waals surface area contributed by atoms with Gasteiger partial charge in [0.15, 0.2) is 11.6 Å². The van der Waals surface area contributed by atoms with Gasteiger partial charge in [0.2, 0.25) is 0 Å². The van der Waals surface area contributed by atoms with E-state index in [1.165, 1.54) is 11.1 Å². The lowest BCUT2D eigenvalue weighted by atomic mass is 9.81. The van der Waals surface area contributed by atoms with Gasteiger partial charge in [0.25, 0.3) is 0 Å². The summed E-state index contributed by atoms with van der Waals surface area (Å²) in [5.41, 5.74) is -0.748. The van der Waals surface area contributed by atoms with Gasteiger partial charge in [0, 0.05) is 21.5 Å². The molecule has 0 N–H and O–H groups in total. The number of amidine groups is 1. The van der Waals surface area contributed by atoms with Crippen LogP contribution in [-0.2, 0) is 10.3 Å². The first-order valence-electron chi connectivity index (χ1n) is 7.94. The van der Waals surface area contributed by atoms with Crippen LogP contribution in [0.2, 0.25) is 5.15 Å². The highest BCUT2D eigenvalue weighted by Crippen LogP contribution is 2.48. The number of halogens is 7. The molecule has 4 rings (SSSR count). The molecule has 148 valence electrons. The largest absolute Gasteiger partial charge is 0.431 e. The van der Waals surface area contributed by atoms with Crippen LogP contribution in [0.15, 0.2) is 46.9 Å². The van der Waals surface area contributed by atoms with Crippen molar-refractivity contribution in [1.29, 1.82) is 0 Å². The summed E-state index contributed by atoms with van der Waals surface area (Å²) in [6.45, 7) is -3.25. The summed E-state index contributed by atoms with van der Waals surface area (Å²) in [7, 11) is 0. The van der Waals surface area contributed by atoms with E-state index in [1.54, 1.807) is 6.07 Å². The molecule has 1 aromatic heterocycles. The Hall–Kier alpha value is -1.69. The van der Waals surface area contributed by atoms with Crippen molar-refractivity contribution in [2.45, 2.75) is 24.7 Å². The molecule has 1 spiro atoms. The van der Waals surface area contributed by atoms with Crippen LogP contribution in [-0.4, -0.2) is 35.1 Å². The van der Waals surface area contributed by atoms with Gasteiger partial charge in [-0.25, -0.2) is 4.98 Å². The number of hydrogen-bond acceptors (Lipinski definition) is 4. The molecule has 0 amide bonds. The van der Waals surface area contributed by atoms with Crippen molar-refractivity contribution < 1.29 is 26.7 Å². The average molecular weight is 530 g/mol. The number of rotatable bonds is 2. The Bertz CT molecular complexity index is 972. The van der Waals surface area contributed by atoms with Crippen molar-refractivity contribution >= 4 is 43.6 Å². The van der Waals surface area contributed by atoms with Crippen LogP contribution in [0.3, 0.4) is 0 Å². The van der Waals surface area contributed by atoms with E-state index in [2.05, 4.69) is 37.3 Å². The molecule has 0 fully saturated rings. The highest BCUT2D eigenvalue weighted by atomic mass is 127. The highest BCUT2D eigenvalue weighted by Gasteiger charge is 2.48. The second kappa shape index (κ2) is 6.68. The molecule has 3 aliphatic rings. The van der Waals surface area contributed by atoms with Crippen molar-refractivity contribution in [3.8, 4) is 0 Å². The maximum Gasteiger partial charge on any atom is 0.417 e. The molecule has 0 bridgehead atoms. The Labute approximate surface area is 174 Å². The van der Waals surface area contributed by atoms with E-state index in [4.69, 9.17) is 11.6 Å². The third kappa shape index (κ3) is 3.19. The van der Waals surface area contributed by atoms with E-state index in [0.29, 0.717) is 23.6 Å². The maximum atomic E-state index is 13.2. The lowest BCUT2D eigenvalue weighted by Gasteiger charge is -2.32. The Balaban J connectivity index is 1.84. The van der Waals surface area contributed by atoms with Gasteiger partial charge in [-0.3, -0.25) is 4.99 Å². The Morgan fingerprint density at radius 3 is 2.75 bits per heavy atom. The first-order valence-corrected chi connectivity index (χ1v) is 9.40. The molecule has 3 heterocycles. The minimum absolute atomic E-state index is 0.0274. The number of pyridine rings is 1. The van der Waals surface area contributed by atoms with Crippen molar-refractivity contribution in [1.82, 2.24) is 9.88 Å². The monoisotopic (exact) mass is 529 g/mol. The van der Waals surface area contributed by atoms with Crippen LogP contribution in [0.25, 0.3) is 3.58 Å². The molecule has 0 radical (unpaired) electrons. The van der Waals surface area contributed by atoms with Crippen LogP contribution >= 0.6 is 34.2 Å². The Kier molecular flexibility index (Phi) is 4.68. The van der Waals surface area contributed by atoms with Crippen molar-refractivity contribution in [2.75, 3.05) is 6.54 Å². The zero-order valence-electron chi connectivity index (χ0n) is 13.8. The fourth-order valence-corrected chi connectivity index (χ4v) is 4.67. The number of allylic oxidation sites excluding steroid dienone is 2. The number of fused-ring (bicyclic) bond motifs is 3. The fraction of sp³-hybridized carbons (Fsp3) is 0.294. The maximum absolute atomic E-state index is 13.2. The molecule has 1 aliphatic carbocycles. The van der Waals surface area contributed by atoms with Gasteiger partial charge in [-0.1, -0.05) is 17.7 Å². The lowest BCUT2D eigenvalue weighted by molar-refractivity contribution is -0.0981. The number of aromatic nitrogens is 1. The standard InChI is InChI=1S/C17H10ClF5IN3O/c18-13-12-9(2-4-25-13)16(3-1-10(12)24)7-27-6-8(17(21,22)23)5-11(14(27)26-16)28-15(19)20/h1-2,4-6,15H,3,7H2. The van der Waals surface area contributed by atoms with Gasteiger partial charge in [0.05, 0.1) is 12.1 Å². The quantitative estimate of drug-likeness (QED) is 0.292. The molecule has 1 atom stereocenters. The van der Waals surface area contributed by atoms with E-state index >= 15 is 0 Å². The average Bonchev–Trinajstić information content (AvgIpc) is 2.97. The van der Waals surface area contributed by atoms with Crippen LogP contribution < -0.4 is 0 Å². The number of alkyl halides is 5. The second-order valence-corrected chi connectivity index (χ2v) is 7.86. The van der Waals surface area contributed by atoms with Crippen LogP contribution in [0.1, 0.15) is 17.5 Å². The third-order valence-corrected chi connectivity index (χ3v) is 5.90. The zero-order valence-corrected chi connectivity index (χ0v) is 16.7. The van der Waals surface area contributed by atoms with Crippen LogP contribution in [0.5, 0.6) is 0 Å². The van der Waals surface area contributed by atoms with Crippen molar-refractivity contribution in [3.05, 3.63) is 58.2 Å². The summed E-state index contributed by atoms with van der Waals surface area (Å²) < 4.78 is 70.5. The van der Waals surface area contributed by atoms with Crippen molar-refractivity contribution in [2.24, 2.45) is 4.99 Å². The molecule has 2 aliphatic heterocycles. The summed E-state index contributed by atoms with van der Waals surface area (Å²) in [6, 6.07) is 1.70. The number of aliphatic imine (C=N–C) groups is 1. The number of hydrogen-bond donors (Lipinski definition) is 0. The summed E-state index contributed by atoms with van der Waals surface area (Å²) in [6.07, 6.45) is 0.394. The lowest BCUT2D eigenvalue weighted by Crippen LogP contribution is -2.36. The molecule has 1 unspecified atom stereocenters. The smallest absolute Gasteiger partial charge is 0.417 e. The topological polar surface area (TPSA) is 37.7 Å². The van der Waals surface area contributed by atoms with Gasteiger partial charge in [0.1, 0.15) is 10.7 Å². The number of ether oxygens (including phenoxy) is 1. The predicted molar refractivity (Wildman–Crippen MR) is 101 cm³/mol. The Morgan fingerprint density at radius 1 is 1.32 bits per heavy atom. The van der Waals surface area contributed by atoms with Gasteiger partial charge in [-0.2, -0.15) is 22.0 Å². The van der Waals surface area contributed by atoms with Gasteiger partial charge in [-0.05, 0) is 46.7 Å². The first kappa shape index (κ1) is 19.6. The first-order chi connectivity index (χ1) is 13.1. The SMILES string of the molecule is FC(F)OC1=CC(C(F)(F)F)=CN2CC3(CC=C(I)c4c3ccnc4Cl)N=C12. The molecule has 4 nitrogen and oxygen atoms in total. The van der Waals surface area contributed by atoms with E-state index in [1.807, 2.05) is 6.08 Å². The van der Waals surface area contributed by atoms with Gasteiger partial charge in [-0.15, -0.1) is 0 Å². The normalized spacial score (nSPS) is 23.8. The molecule has 1 aromatic rings. The fourth-order valence-electron chi connectivity index (χ4n) is 3.49. The molecular weight excluding hydrogens is 520 g/mol. The van der Waals surface area contributed by atoms with Gasteiger partial charge < -0.3 is 9.64 Å². The van der Waals surface area contributed by atoms with Gasteiger partial charge >= 0.3 is 12.8 Å². The number of nitrogens with zero attached hydrogens (tertiary/aromatic N) is 3. The Morgan fingerprint density at radius 2 is 2.07 bits per heavy atom.